The van der Waals surface area contributed by atoms with Gasteiger partial charge in [-0.3, -0.25) is 9.97 Å². The molecule has 4 aromatic carbocycles. The van der Waals surface area contributed by atoms with Crippen molar-refractivity contribution in [2.24, 2.45) is 0 Å². The smallest absolute Gasteiger partial charge is 0.399 e. The summed E-state index contributed by atoms with van der Waals surface area (Å²) in [6.07, 6.45) is 13.3. The van der Waals surface area contributed by atoms with Crippen molar-refractivity contribution in [2.75, 3.05) is 22.1 Å². The fourth-order valence-corrected chi connectivity index (χ4v) is 8.55. The first-order valence-corrected chi connectivity index (χ1v) is 23.9. The van der Waals surface area contributed by atoms with Crippen molar-refractivity contribution in [1.29, 1.82) is 21.0 Å². The Bertz CT molecular complexity index is 3600. The minimum Gasteiger partial charge on any atom is -0.399 e. The van der Waals surface area contributed by atoms with E-state index in [1.165, 1.54) is 12.2 Å². The molecule has 0 bridgehead atoms. The summed E-state index contributed by atoms with van der Waals surface area (Å²) in [5.41, 5.74) is 24.8. The van der Waals surface area contributed by atoms with Gasteiger partial charge in [0.05, 0.1) is 72.9 Å². The van der Waals surface area contributed by atoms with Crippen molar-refractivity contribution in [1.82, 2.24) is 29.9 Å². The quantitative estimate of drug-likeness (QED) is 0.0814. The highest BCUT2D eigenvalue weighted by Crippen LogP contribution is 2.38. The highest BCUT2D eigenvalue weighted by atomic mass is 79.9. The normalized spacial score (nSPS) is 13.2. The number of nitrogen functional groups attached to an aromatic ring is 2. The van der Waals surface area contributed by atoms with E-state index in [1.807, 2.05) is 44.2 Å². The molecule has 1 fully saturated rings. The average molecular weight is 1040 g/mol. The van der Waals surface area contributed by atoms with Crippen molar-refractivity contribution < 1.29 is 9.31 Å². The second-order valence-electron chi connectivity index (χ2n) is 18.2. The lowest BCUT2D eigenvalue weighted by atomic mass is 9.73. The van der Waals surface area contributed by atoms with Gasteiger partial charge in [0, 0.05) is 53.9 Å². The zero-order valence-electron chi connectivity index (χ0n) is 41.9. The number of aryl methyl sites for hydroxylation is 4. The maximum atomic E-state index is 8.98. The Balaban J connectivity index is 0.000000168. The Labute approximate surface area is 438 Å². The molecule has 0 unspecified atom stereocenters. The van der Waals surface area contributed by atoms with Gasteiger partial charge in [0.25, 0.3) is 0 Å². The molecule has 0 spiro atoms. The molecule has 4 aromatic heterocycles. The van der Waals surface area contributed by atoms with E-state index in [-0.39, 0.29) is 18.3 Å². The number of nitrogens with one attached hydrogen (secondary N) is 2. The maximum Gasteiger partial charge on any atom is 0.495 e. The van der Waals surface area contributed by atoms with Gasteiger partial charge >= 0.3 is 7.12 Å². The zero-order chi connectivity index (χ0) is 53.3. The van der Waals surface area contributed by atoms with Crippen LogP contribution in [-0.2, 0) is 9.31 Å². The molecule has 0 atom stereocenters. The summed E-state index contributed by atoms with van der Waals surface area (Å²) in [5.74, 6) is 1.42. The van der Waals surface area contributed by atoms with Crippen LogP contribution in [0.1, 0.15) is 72.2 Å². The van der Waals surface area contributed by atoms with Crippen LogP contribution in [-0.4, -0.2) is 48.2 Å². The average Bonchev–Trinajstić information content (AvgIpc) is 3.58. The standard InChI is InChI=1S/C25H19N7.C17H22BNO2.C14H9BrN6/c1-15-10-18(4-3-9-26)11-16(2)22(15)20-13-29-14-21-23(20)31-25(32-24(21)28)30-19-7-5-17(12-27)6-8-19;1-12-10-14(8-7-9-19)11-13(2)15(12)18-20-16(3,4)17(5,6)21-18;15-11-7-18-6-10-12(11)20-14(21-13(10)17)19-9-3-1-8(5-16)2-4-9/h3-8,10-11,13-14H,1-2H3,(H3,28,30,31,32);7-8,10-11H,1-6H3;1-4,6-7H,(H3,17,19,20,21)/b4-3+;8-7+;. The number of hydrogen-bond donors (Lipinski definition) is 4. The van der Waals surface area contributed by atoms with Crippen LogP contribution in [0.3, 0.4) is 0 Å². The molecule has 8 aromatic rings. The van der Waals surface area contributed by atoms with Crippen LogP contribution in [0.2, 0.25) is 0 Å². The Kier molecular flexibility index (Phi) is 16.1. The topological polar surface area (TPSA) is 267 Å². The van der Waals surface area contributed by atoms with Crippen molar-refractivity contribution in [3.63, 3.8) is 0 Å². The highest BCUT2D eigenvalue weighted by Gasteiger charge is 2.52. The number of allylic oxidation sites excluding steroid dienone is 2. The van der Waals surface area contributed by atoms with Crippen molar-refractivity contribution in [2.45, 2.75) is 66.6 Å². The number of aromatic nitrogens is 6. The highest BCUT2D eigenvalue weighted by molar-refractivity contribution is 9.10. The second-order valence-corrected chi connectivity index (χ2v) is 19.1. The van der Waals surface area contributed by atoms with Gasteiger partial charge in [-0.05, 0) is 165 Å². The summed E-state index contributed by atoms with van der Waals surface area (Å²) in [7, 11) is -0.344. The van der Waals surface area contributed by atoms with Crippen LogP contribution in [0.5, 0.6) is 0 Å². The van der Waals surface area contributed by atoms with E-state index in [1.54, 1.807) is 79.4 Å². The molecular formula is C56H50BBrN14O2. The van der Waals surface area contributed by atoms with Gasteiger partial charge in [-0.2, -0.15) is 31.0 Å². The predicted octanol–water partition coefficient (Wildman–Crippen LogP) is 11.2. The van der Waals surface area contributed by atoms with E-state index in [4.69, 9.17) is 46.8 Å². The number of fused-ring (bicyclic) bond motifs is 2. The van der Waals surface area contributed by atoms with Crippen LogP contribution >= 0.6 is 15.9 Å². The first kappa shape index (κ1) is 52.8. The third kappa shape index (κ3) is 12.0. The molecular weight excluding hydrogens is 991 g/mol. The van der Waals surface area contributed by atoms with Gasteiger partial charge in [-0.1, -0.05) is 35.4 Å². The third-order valence-corrected chi connectivity index (χ3v) is 13.0. The van der Waals surface area contributed by atoms with E-state index in [0.29, 0.717) is 56.5 Å². The number of benzene rings is 4. The second kappa shape index (κ2) is 22.6. The molecule has 0 amide bonds. The fourth-order valence-electron chi connectivity index (χ4n) is 8.13. The van der Waals surface area contributed by atoms with Crippen LogP contribution in [0, 0.1) is 73.0 Å². The number of halogens is 1. The monoisotopic (exact) mass is 1040 g/mol. The lowest BCUT2D eigenvalue weighted by Crippen LogP contribution is -2.41. The minimum absolute atomic E-state index is 0.323. The van der Waals surface area contributed by atoms with Crippen LogP contribution in [0.25, 0.3) is 45.1 Å². The molecule has 1 aliphatic heterocycles. The van der Waals surface area contributed by atoms with Gasteiger partial charge in [0.2, 0.25) is 11.9 Å². The van der Waals surface area contributed by atoms with Gasteiger partial charge in [0.1, 0.15) is 11.6 Å². The minimum atomic E-state index is -0.344. The molecule has 0 radical (unpaired) electrons. The number of pyridine rings is 2. The van der Waals surface area contributed by atoms with E-state index < -0.39 is 0 Å². The number of hydrogen-bond acceptors (Lipinski definition) is 16. The van der Waals surface area contributed by atoms with E-state index in [2.05, 4.69) is 117 Å². The van der Waals surface area contributed by atoms with Gasteiger partial charge in [-0.25, -0.2) is 9.97 Å². The number of nitrogens with zero attached hydrogens (tertiary/aromatic N) is 10. The maximum absolute atomic E-state index is 8.98. The Morgan fingerprint density at radius 2 is 1.00 bits per heavy atom. The van der Waals surface area contributed by atoms with E-state index in [0.717, 1.165) is 65.8 Å². The molecule has 16 nitrogen and oxygen atoms in total. The summed E-state index contributed by atoms with van der Waals surface area (Å²) < 4.78 is 13.0. The fraction of sp³-hybridized carbons (Fsp3) is 0.179. The van der Waals surface area contributed by atoms with Gasteiger partial charge < -0.3 is 31.4 Å². The van der Waals surface area contributed by atoms with Crippen LogP contribution in [0.4, 0.5) is 34.9 Å². The first-order valence-electron chi connectivity index (χ1n) is 23.1. The van der Waals surface area contributed by atoms with Crippen LogP contribution in [0.15, 0.2) is 114 Å². The summed E-state index contributed by atoms with van der Waals surface area (Å²) in [5, 5.41) is 42.8. The number of anilines is 6. The first-order chi connectivity index (χ1) is 35.3. The molecule has 9 rings (SSSR count). The summed E-state index contributed by atoms with van der Waals surface area (Å²) in [4.78, 5) is 26.2. The lowest BCUT2D eigenvalue weighted by Gasteiger charge is -2.32. The zero-order valence-corrected chi connectivity index (χ0v) is 43.5. The number of rotatable bonds is 8. The molecule has 366 valence electrons. The molecule has 6 N–H and O–H groups in total. The SMILES string of the molecule is Cc1cc(/C=C/C#N)cc(C)c1-c1cncc2c(N)nc(Nc3ccc(C#N)cc3)nc12.Cc1cc(/C=C/C#N)cc(C)c1B1OC(C)(C)C(C)(C)O1.N#Cc1ccc(Nc2nc(N)c3cncc(Br)c3n2)cc1. The molecule has 1 saturated heterocycles. The Hall–Kier alpha value is -9.04. The molecule has 1 aliphatic rings. The van der Waals surface area contributed by atoms with Crippen molar-refractivity contribution >= 4 is 97.4 Å². The Morgan fingerprint density at radius 3 is 1.45 bits per heavy atom. The number of nitrogens with two attached hydrogens (primary N) is 2. The summed E-state index contributed by atoms with van der Waals surface area (Å²) in [6.45, 7) is 16.4. The molecule has 0 aliphatic carbocycles. The van der Waals surface area contributed by atoms with Gasteiger partial charge in [0.15, 0.2) is 0 Å². The van der Waals surface area contributed by atoms with Gasteiger partial charge in [-0.15, -0.1) is 0 Å². The lowest BCUT2D eigenvalue weighted by molar-refractivity contribution is 0.00578. The Morgan fingerprint density at radius 1 is 0.581 bits per heavy atom. The predicted molar refractivity (Wildman–Crippen MR) is 296 cm³/mol. The molecule has 18 heteroatoms. The molecule has 74 heavy (non-hydrogen) atoms. The van der Waals surface area contributed by atoms with Crippen molar-refractivity contribution in [3.8, 4) is 35.4 Å². The van der Waals surface area contributed by atoms with E-state index >= 15 is 0 Å². The largest absolute Gasteiger partial charge is 0.495 e. The third-order valence-electron chi connectivity index (χ3n) is 12.4. The van der Waals surface area contributed by atoms with Crippen LogP contribution < -0.4 is 27.6 Å². The summed E-state index contributed by atoms with van der Waals surface area (Å²) >= 11 is 3.40. The molecule has 0 saturated carbocycles. The number of nitriles is 4. The van der Waals surface area contributed by atoms with Crippen molar-refractivity contribution in [3.05, 3.63) is 159 Å². The summed E-state index contributed by atoms with van der Waals surface area (Å²) in [6, 6.07) is 30.4. The molecule has 5 heterocycles. The van der Waals surface area contributed by atoms with E-state index in [9.17, 15) is 0 Å².